The molecule has 1 heterocycles. The van der Waals surface area contributed by atoms with Gasteiger partial charge < -0.3 is 0 Å². The van der Waals surface area contributed by atoms with Gasteiger partial charge in [-0.15, -0.1) is 0 Å². The van der Waals surface area contributed by atoms with E-state index in [4.69, 9.17) is 0 Å². The van der Waals surface area contributed by atoms with Crippen LogP contribution in [0.4, 0.5) is 4.39 Å². The first-order valence-corrected chi connectivity index (χ1v) is 6.25. The molecule has 0 radical (unpaired) electrons. The molecular weight excluding hydrogens is 215 g/mol. The lowest BCUT2D eigenvalue weighted by molar-refractivity contribution is 0.109. The number of piperidine rings is 1. The second-order valence-corrected chi connectivity index (χ2v) is 4.78. The molecule has 1 aliphatic heterocycles. The van der Waals surface area contributed by atoms with Crippen LogP contribution in [0.15, 0.2) is 29.4 Å². The van der Waals surface area contributed by atoms with E-state index in [9.17, 15) is 4.39 Å². The Morgan fingerprint density at radius 3 is 2.53 bits per heavy atom. The Balaban J connectivity index is 2.11. The fourth-order valence-corrected chi connectivity index (χ4v) is 2.34. The molecule has 2 rings (SSSR count). The number of benzene rings is 1. The summed E-state index contributed by atoms with van der Waals surface area (Å²) in [6.45, 7) is 4.35. The molecule has 2 nitrogen and oxygen atoms in total. The predicted molar refractivity (Wildman–Crippen MR) is 68.6 cm³/mol. The van der Waals surface area contributed by atoms with E-state index < -0.39 is 0 Å². The lowest BCUT2D eigenvalue weighted by Gasteiger charge is -2.36. The van der Waals surface area contributed by atoms with Gasteiger partial charge >= 0.3 is 0 Å². The van der Waals surface area contributed by atoms with E-state index in [1.165, 1.54) is 25.3 Å². The van der Waals surface area contributed by atoms with Crippen molar-refractivity contribution >= 4 is 6.21 Å². The summed E-state index contributed by atoms with van der Waals surface area (Å²) in [5.74, 6) is -0.214. The van der Waals surface area contributed by atoms with E-state index in [1.54, 1.807) is 18.3 Å². The maximum atomic E-state index is 13.4. The minimum atomic E-state index is -0.214. The van der Waals surface area contributed by atoms with Crippen LogP contribution in [0.5, 0.6) is 0 Å². The molecule has 1 aliphatic rings. The van der Waals surface area contributed by atoms with Crippen LogP contribution in [0.2, 0.25) is 0 Å². The zero-order chi connectivity index (χ0) is 12.3. The third-order valence-electron chi connectivity index (χ3n) is 3.38. The molecule has 0 amide bonds. The van der Waals surface area contributed by atoms with Crippen molar-refractivity contribution < 1.29 is 4.39 Å². The normalized spacial score (nSPS) is 25.5. The maximum Gasteiger partial charge on any atom is 0.132 e. The van der Waals surface area contributed by atoms with Crippen LogP contribution in [-0.4, -0.2) is 23.3 Å². The molecule has 2 atom stereocenters. The molecule has 92 valence electrons. The van der Waals surface area contributed by atoms with Crippen LogP contribution in [0, 0.1) is 5.82 Å². The highest BCUT2D eigenvalue weighted by Gasteiger charge is 2.22. The van der Waals surface area contributed by atoms with Gasteiger partial charge in [0, 0.05) is 17.6 Å². The highest BCUT2D eigenvalue weighted by atomic mass is 19.1. The van der Waals surface area contributed by atoms with E-state index in [1.807, 2.05) is 6.07 Å². The minimum Gasteiger partial charge on any atom is -0.292 e. The standard InChI is InChI=1S/C14H19FN2/c1-11-6-5-7-12(2)17(11)16-10-13-8-3-4-9-14(13)15/h3-4,8-12H,5-7H2,1-2H3/b16-10+. The van der Waals surface area contributed by atoms with Gasteiger partial charge in [-0.1, -0.05) is 18.2 Å². The molecule has 0 saturated carbocycles. The molecule has 0 spiro atoms. The van der Waals surface area contributed by atoms with Gasteiger partial charge in [0.1, 0.15) is 5.82 Å². The van der Waals surface area contributed by atoms with Gasteiger partial charge in [0.15, 0.2) is 0 Å². The van der Waals surface area contributed by atoms with E-state index in [-0.39, 0.29) is 5.82 Å². The van der Waals surface area contributed by atoms with Gasteiger partial charge in [-0.05, 0) is 39.2 Å². The first-order valence-electron chi connectivity index (χ1n) is 6.25. The van der Waals surface area contributed by atoms with Crippen LogP contribution < -0.4 is 0 Å². The van der Waals surface area contributed by atoms with Crippen LogP contribution in [0.1, 0.15) is 38.7 Å². The minimum absolute atomic E-state index is 0.214. The number of hydrazone groups is 1. The zero-order valence-electron chi connectivity index (χ0n) is 10.4. The van der Waals surface area contributed by atoms with E-state index in [0.717, 1.165) is 0 Å². The van der Waals surface area contributed by atoms with E-state index >= 15 is 0 Å². The molecular formula is C14H19FN2. The number of halogens is 1. The molecule has 0 bridgehead atoms. The van der Waals surface area contributed by atoms with Crippen molar-refractivity contribution in [1.29, 1.82) is 0 Å². The Kier molecular flexibility index (Phi) is 3.77. The Hall–Kier alpha value is -1.38. The largest absolute Gasteiger partial charge is 0.292 e. The zero-order valence-corrected chi connectivity index (χ0v) is 10.4. The summed E-state index contributed by atoms with van der Waals surface area (Å²) in [6.07, 6.45) is 5.22. The Labute approximate surface area is 102 Å². The first-order chi connectivity index (χ1) is 8.18. The fraction of sp³-hybridized carbons (Fsp3) is 0.500. The highest BCUT2D eigenvalue weighted by Crippen LogP contribution is 2.22. The summed E-state index contributed by atoms with van der Waals surface area (Å²) in [4.78, 5) is 0. The van der Waals surface area contributed by atoms with Gasteiger partial charge in [0.25, 0.3) is 0 Å². The van der Waals surface area contributed by atoms with Gasteiger partial charge in [-0.25, -0.2) is 4.39 Å². The summed E-state index contributed by atoms with van der Waals surface area (Å²) in [7, 11) is 0. The van der Waals surface area contributed by atoms with Gasteiger partial charge in [0.2, 0.25) is 0 Å². The molecule has 1 fully saturated rings. The third kappa shape index (κ3) is 2.84. The molecule has 1 saturated heterocycles. The molecule has 1 aromatic rings. The lowest BCUT2D eigenvalue weighted by atomic mass is 10.00. The van der Waals surface area contributed by atoms with E-state index in [2.05, 4.69) is 24.0 Å². The monoisotopic (exact) mass is 234 g/mol. The van der Waals surface area contributed by atoms with Crippen molar-refractivity contribution in [3.63, 3.8) is 0 Å². The van der Waals surface area contributed by atoms with Crippen molar-refractivity contribution in [2.45, 2.75) is 45.2 Å². The molecule has 17 heavy (non-hydrogen) atoms. The van der Waals surface area contributed by atoms with Gasteiger partial charge in [-0.3, -0.25) is 5.01 Å². The molecule has 0 aliphatic carbocycles. The lowest BCUT2D eigenvalue weighted by Crippen LogP contribution is -2.39. The summed E-state index contributed by atoms with van der Waals surface area (Å²) < 4.78 is 13.4. The maximum absolute atomic E-state index is 13.4. The first kappa shape index (κ1) is 12.1. The summed E-state index contributed by atoms with van der Waals surface area (Å²) in [6, 6.07) is 7.62. The molecule has 0 aromatic heterocycles. The molecule has 3 heteroatoms. The van der Waals surface area contributed by atoms with Crippen molar-refractivity contribution in [2.24, 2.45) is 5.10 Å². The quantitative estimate of drug-likeness (QED) is 0.716. The summed E-state index contributed by atoms with van der Waals surface area (Å²) in [5.41, 5.74) is 0.553. The van der Waals surface area contributed by atoms with Crippen molar-refractivity contribution in [1.82, 2.24) is 5.01 Å². The van der Waals surface area contributed by atoms with E-state index in [0.29, 0.717) is 17.6 Å². The van der Waals surface area contributed by atoms with Crippen LogP contribution >= 0.6 is 0 Å². The molecule has 2 unspecified atom stereocenters. The SMILES string of the molecule is CC1CCCC(C)N1/N=C/c1ccccc1F. The van der Waals surface area contributed by atoms with Crippen LogP contribution in [0.25, 0.3) is 0 Å². The fourth-order valence-electron chi connectivity index (χ4n) is 2.34. The van der Waals surface area contributed by atoms with Crippen LogP contribution in [0.3, 0.4) is 0 Å². The number of hydrogen-bond acceptors (Lipinski definition) is 2. The van der Waals surface area contributed by atoms with Crippen molar-refractivity contribution in [3.05, 3.63) is 35.6 Å². The second kappa shape index (κ2) is 5.30. The Morgan fingerprint density at radius 1 is 1.24 bits per heavy atom. The highest BCUT2D eigenvalue weighted by molar-refractivity contribution is 5.79. The molecule has 0 N–H and O–H groups in total. The Bertz CT molecular complexity index is 393. The summed E-state index contributed by atoms with van der Waals surface area (Å²) in [5, 5.41) is 6.54. The predicted octanol–water partition coefficient (Wildman–Crippen LogP) is 3.42. The topological polar surface area (TPSA) is 15.6 Å². The van der Waals surface area contributed by atoms with Crippen molar-refractivity contribution in [2.75, 3.05) is 0 Å². The van der Waals surface area contributed by atoms with Gasteiger partial charge in [-0.2, -0.15) is 5.10 Å². The second-order valence-electron chi connectivity index (χ2n) is 4.78. The number of hydrogen-bond donors (Lipinski definition) is 0. The van der Waals surface area contributed by atoms with Crippen molar-refractivity contribution in [3.8, 4) is 0 Å². The number of nitrogens with zero attached hydrogens (tertiary/aromatic N) is 2. The average molecular weight is 234 g/mol. The third-order valence-corrected chi connectivity index (χ3v) is 3.38. The number of rotatable bonds is 2. The smallest absolute Gasteiger partial charge is 0.132 e. The van der Waals surface area contributed by atoms with Crippen LogP contribution in [-0.2, 0) is 0 Å². The van der Waals surface area contributed by atoms with Gasteiger partial charge in [0.05, 0.1) is 6.21 Å². The summed E-state index contributed by atoms with van der Waals surface area (Å²) >= 11 is 0. The average Bonchev–Trinajstić information content (AvgIpc) is 2.30. The Morgan fingerprint density at radius 2 is 1.88 bits per heavy atom. The molecule has 1 aromatic carbocycles.